The van der Waals surface area contributed by atoms with Crippen molar-refractivity contribution >= 4 is 23.0 Å². The Kier molecular flexibility index (Phi) is 7.39. The molecular formula is C33H31N5O2S. The molecule has 8 heteroatoms. The molecule has 0 saturated carbocycles. The molecule has 7 nitrogen and oxygen atoms in total. The van der Waals surface area contributed by atoms with Crippen LogP contribution in [0.15, 0.2) is 104 Å². The van der Waals surface area contributed by atoms with Gasteiger partial charge in [-0.25, -0.2) is 0 Å². The minimum Gasteiger partial charge on any atom is -0.497 e. The topological polar surface area (TPSA) is 64.4 Å². The molecule has 0 spiro atoms. The minimum absolute atomic E-state index is 0.0943. The summed E-state index contributed by atoms with van der Waals surface area (Å²) in [5, 5.41) is 4.23. The number of aromatic nitrogens is 3. The Bertz CT molecular complexity index is 1640. The van der Waals surface area contributed by atoms with Crippen molar-refractivity contribution in [2.45, 2.75) is 32.5 Å². The summed E-state index contributed by atoms with van der Waals surface area (Å²) in [6, 6.07) is 27.8. The molecule has 2 aromatic carbocycles. The largest absolute Gasteiger partial charge is 0.497 e. The fourth-order valence-corrected chi connectivity index (χ4v) is 5.79. The first kappa shape index (κ1) is 26.5. The molecule has 5 aromatic rings. The first-order chi connectivity index (χ1) is 20.0. The summed E-state index contributed by atoms with van der Waals surface area (Å²) in [5.41, 5.74) is 6.72. The highest BCUT2D eigenvalue weighted by molar-refractivity contribution is 7.80. The first-order valence-corrected chi connectivity index (χ1v) is 13.9. The third kappa shape index (κ3) is 5.38. The number of pyridine rings is 2. The highest BCUT2D eigenvalue weighted by atomic mass is 32.1. The quantitative estimate of drug-likeness (QED) is 0.206. The number of hydrogen-bond donors (Lipinski definition) is 1. The second kappa shape index (κ2) is 11.4. The minimum atomic E-state index is -0.117. The molecule has 206 valence electrons. The highest BCUT2D eigenvalue weighted by Gasteiger charge is 2.42. The average molecular weight is 562 g/mol. The lowest BCUT2D eigenvalue weighted by Gasteiger charge is -2.28. The van der Waals surface area contributed by atoms with Gasteiger partial charge in [-0.1, -0.05) is 6.07 Å². The maximum absolute atomic E-state index is 6.08. The summed E-state index contributed by atoms with van der Waals surface area (Å²) < 4.78 is 13.7. The van der Waals surface area contributed by atoms with Gasteiger partial charge in [0.25, 0.3) is 0 Å². The molecule has 2 atom stereocenters. The lowest BCUT2D eigenvalue weighted by Crippen LogP contribution is -2.29. The summed E-state index contributed by atoms with van der Waals surface area (Å²) in [6.45, 7) is 5.12. The zero-order valence-corrected chi connectivity index (χ0v) is 24.0. The summed E-state index contributed by atoms with van der Waals surface area (Å²) >= 11 is 5.96. The lowest BCUT2D eigenvalue weighted by molar-refractivity contribution is 0.413. The molecule has 0 radical (unpaired) electrons. The average Bonchev–Trinajstić information content (AvgIpc) is 3.49. The Labute approximate surface area is 245 Å². The zero-order valence-electron chi connectivity index (χ0n) is 23.2. The predicted octanol–water partition coefficient (Wildman–Crippen LogP) is 6.92. The van der Waals surface area contributed by atoms with Crippen LogP contribution < -0.4 is 19.7 Å². The van der Waals surface area contributed by atoms with Crippen molar-refractivity contribution in [2.24, 2.45) is 0 Å². The summed E-state index contributed by atoms with van der Waals surface area (Å²) in [4.78, 5) is 11.1. The van der Waals surface area contributed by atoms with Gasteiger partial charge in [0.1, 0.15) is 17.2 Å². The van der Waals surface area contributed by atoms with Crippen LogP contribution in [0.4, 0.5) is 5.69 Å². The molecule has 0 bridgehead atoms. The number of ether oxygens (including phenoxy) is 2. The lowest BCUT2D eigenvalue weighted by atomic mass is 9.96. The Morgan fingerprint density at radius 3 is 2.20 bits per heavy atom. The van der Waals surface area contributed by atoms with Crippen LogP contribution in [0.2, 0.25) is 0 Å². The van der Waals surface area contributed by atoms with Crippen molar-refractivity contribution in [2.75, 3.05) is 12.0 Å². The van der Waals surface area contributed by atoms with Crippen molar-refractivity contribution in [3.63, 3.8) is 0 Å². The first-order valence-electron chi connectivity index (χ1n) is 13.5. The van der Waals surface area contributed by atoms with E-state index in [0.717, 1.165) is 35.2 Å². The number of methoxy groups -OCH3 is 1. The number of nitrogens with one attached hydrogen (secondary N) is 1. The van der Waals surface area contributed by atoms with E-state index in [1.807, 2.05) is 67.1 Å². The van der Waals surface area contributed by atoms with Crippen molar-refractivity contribution < 1.29 is 9.47 Å². The van der Waals surface area contributed by atoms with E-state index < -0.39 is 0 Å². The predicted molar refractivity (Wildman–Crippen MR) is 165 cm³/mol. The molecule has 1 saturated heterocycles. The van der Waals surface area contributed by atoms with Crippen molar-refractivity contribution in [1.29, 1.82) is 0 Å². The van der Waals surface area contributed by atoms with E-state index in [4.69, 9.17) is 26.7 Å². The fourth-order valence-electron chi connectivity index (χ4n) is 5.44. The molecule has 3 aromatic heterocycles. The van der Waals surface area contributed by atoms with Gasteiger partial charge in [-0.15, -0.1) is 0 Å². The summed E-state index contributed by atoms with van der Waals surface area (Å²) in [6.07, 6.45) is 5.51. The van der Waals surface area contributed by atoms with Gasteiger partial charge in [-0.2, -0.15) is 0 Å². The van der Waals surface area contributed by atoms with E-state index >= 15 is 0 Å². The fraction of sp³-hybridized carbons (Fsp3) is 0.182. The number of hydrogen-bond acceptors (Lipinski definition) is 5. The van der Waals surface area contributed by atoms with Gasteiger partial charge in [0, 0.05) is 42.2 Å². The van der Waals surface area contributed by atoms with Gasteiger partial charge in [0.2, 0.25) is 0 Å². The Hall–Kier alpha value is -4.69. The Morgan fingerprint density at radius 2 is 1.54 bits per heavy atom. The van der Waals surface area contributed by atoms with Crippen LogP contribution in [0.25, 0.3) is 0 Å². The molecule has 1 aliphatic rings. The third-order valence-electron chi connectivity index (χ3n) is 7.53. The number of aryl methyl sites for hydroxylation is 1. The van der Waals surface area contributed by atoms with Crippen LogP contribution in [0.3, 0.4) is 0 Å². The smallest absolute Gasteiger partial charge is 0.174 e. The van der Waals surface area contributed by atoms with Crippen LogP contribution in [0.5, 0.6) is 17.2 Å². The summed E-state index contributed by atoms with van der Waals surface area (Å²) in [5.74, 6) is 2.27. The van der Waals surface area contributed by atoms with E-state index in [1.165, 1.54) is 22.5 Å². The maximum Gasteiger partial charge on any atom is 0.174 e. The summed E-state index contributed by atoms with van der Waals surface area (Å²) in [7, 11) is 1.65. The molecule has 4 heterocycles. The SMILES string of the molecule is COc1ccc(Oc2ccc(N3C(=S)NC(c4ccccn4)C3c3cc(C)n(Cc4ccncc4)c3C)cc2)cc1. The number of nitrogens with zero attached hydrogens (tertiary/aromatic N) is 4. The Balaban J connectivity index is 1.35. The molecule has 6 rings (SSSR count). The number of anilines is 1. The molecule has 0 aliphatic carbocycles. The molecule has 1 fully saturated rings. The normalized spacial score (nSPS) is 16.5. The second-order valence-electron chi connectivity index (χ2n) is 10.0. The number of thiocarbonyl (C=S) groups is 1. The van der Waals surface area contributed by atoms with E-state index in [9.17, 15) is 0 Å². The van der Waals surface area contributed by atoms with Gasteiger partial charge < -0.3 is 24.3 Å². The maximum atomic E-state index is 6.08. The third-order valence-corrected chi connectivity index (χ3v) is 7.84. The van der Waals surface area contributed by atoms with Crippen LogP contribution in [0, 0.1) is 13.8 Å². The second-order valence-corrected chi connectivity index (χ2v) is 10.4. The van der Waals surface area contributed by atoms with E-state index in [-0.39, 0.29) is 12.1 Å². The van der Waals surface area contributed by atoms with Gasteiger partial charge in [0.15, 0.2) is 5.11 Å². The van der Waals surface area contributed by atoms with Crippen LogP contribution >= 0.6 is 12.2 Å². The van der Waals surface area contributed by atoms with Crippen LogP contribution in [0.1, 0.15) is 40.3 Å². The molecule has 1 N–H and O–H groups in total. The zero-order chi connectivity index (χ0) is 28.3. The van der Waals surface area contributed by atoms with E-state index in [1.54, 1.807) is 7.11 Å². The monoisotopic (exact) mass is 561 g/mol. The van der Waals surface area contributed by atoms with Crippen molar-refractivity contribution in [1.82, 2.24) is 19.9 Å². The standard InChI is InChI=1S/C33H31N5O2S/c1-22-20-29(23(2)37(22)21-24-15-18-34-19-16-24)32-31(30-6-4-5-17-35-30)36-33(41)38(32)25-7-9-27(10-8-25)40-28-13-11-26(39-3)12-14-28/h4-20,31-32H,21H2,1-3H3,(H,36,41). The van der Waals surface area contributed by atoms with Gasteiger partial charge in [0.05, 0.1) is 24.9 Å². The van der Waals surface area contributed by atoms with Gasteiger partial charge >= 0.3 is 0 Å². The molecule has 0 amide bonds. The van der Waals surface area contributed by atoms with Crippen LogP contribution in [-0.2, 0) is 6.54 Å². The van der Waals surface area contributed by atoms with Gasteiger partial charge in [-0.05, 0) is 116 Å². The molecular weight excluding hydrogens is 530 g/mol. The Morgan fingerprint density at radius 1 is 0.854 bits per heavy atom. The van der Waals surface area contributed by atoms with Crippen molar-refractivity contribution in [3.05, 3.63) is 132 Å². The number of benzene rings is 2. The molecule has 41 heavy (non-hydrogen) atoms. The van der Waals surface area contributed by atoms with E-state index in [0.29, 0.717) is 5.11 Å². The highest BCUT2D eigenvalue weighted by Crippen LogP contribution is 2.43. The van der Waals surface area contributed by atoms with Crippen LogP contribution in [-0.4, -0.2) is 26.8 Å². The molecule has 2 unspecified atom stereocenters. The van der Waals surface area contributed by atoms with E-state index in [2.05, 4.69) is 70.0 Å². The molecule has 1 aliphatic heterocycles. The van der Waals surface area contributed by atoms with Gasteiger partial charge in [-0.3, -0.25) is 9.97 Å². The van der Waals surface area contributed by atoms with Crippen molar-refractivity contribution in [3.8, 4) is 17.2 Å². The number of rotatable bonds is 8.